The Morgan fingerprint density at radius 2 is 0.750 bits per heavy atom. The highest BCUT2D eigenvalue weighted by atomic mass is 35.5. The monoisotopic (exact) mass is 816 g/mol. The Morgan fingerprint density at radius 1 is 0.464 bits per heavy atom. The summed E-state index contributed by atoms with van der Waals surface area (Å²) in [6.07, 6.45) is 38.5. The molecule has 0 aliphatic heterocycles. The number of hydrogen-bond donors (Lipinski definition) is 0. The van der Waals surface area contributed by atoms with Crippen LogP contribution in [0.3, 0.4) is 0 Å². The summed E-state index contributed by atoms with van der Waals surface area (Å²) in [6.45, 7) is 2.29. The first kappa shape index (κ1) is 49.4. The molecule has 56 heavy (non-hydrogen) atoms. The predicted octanol–water partition coefficient (Wildman–Crippen LogP) is 15.6. The van der Waals surface area contributed by atoms with Gasteiger partial charge in [-0.05, 0) is 53.8 Å². The van der Waals surface area contributed by atoms with Crippen molar-refractivity contribution in [2.45, 2.75) is 180 Å². The molecule has 6 nitrogen and oxygen atoms in total. The second-order valence-corrected chi connectivity index (χ2v) is 16.1. The van der Waals surface area contributed by atoms with E-state index in [0.29, 0.717) is 11.1 Å². The molecule has 0 spiro atoms. The second kappa shape index (κ2) is 31.3. The van der Waals surface area contributed by atoms with Gasteiger partial charge in [-0.1, -0.05) is 197 Å². The van der Waals surface area contributed by atoms with Crippen molar-refractivity contribution >= 4 is 40.7 Å². The van der Waals surface area contributed by atoms with Crippen LogP contribution >= 0.6 is 23.2 Å². The third-order valence-electron chi connectivity index (χ3n) is 10.8. The number of allylic oxidation sites excluding steroid dienone is 1. The molecule has 316 valence electrons. The molecular formula is C48H74Cl2O6. The van der Waals surface area contributed by atoms with Crippen molar-refractivity contribution in [3.05, 3.63) is 62.6 Å². The van der Waals surface area contributed by atoms with Crippen molar-refractivity contribution in [1.82, 2.24) is 0 Å². The molecule has 2 rings (SSSR count). The Labute approximate surface area is 350 Å². The summed E-state index contributed by atoms with van der Waals surface area (Å²) in [5.41, 5.74) is 2.52. The van der Waals surface area contributed by atoms with Crippen LogP contribution in [0.4, 0.5) is 0 Å². The number of benzene rings is 2. The molecule has 0 fully saturated rings. The minimum atomic E-state index is -0.566. The molecule has 0 unspecified atom stereocenters. The van der Waals surface area contributed by atoms with Crippen LogP contribution < -0.4 is 9.47 Å². The first-order valence-electron chi connectivity index (χ1n) is 21.9. The standard InChI is InChI=1S/C48H74Cl2O6/c1-6-7-8-9-10-11-12-13-14-15-16-17-18-19-20-21-22-23-24-25-26-27-28-29-30-31-32-33-40(38-34-41(47(51)55-4)45(53-2)43(49)36-38)39-35-42(48(52)56-5)46(54-3)44(50)37-39/h33-37H,6-32H2,1-5H3. The largest absolute Gasteiger partial charge is 0.494 e. The van der Waals surface area contributed by atoms with E-state index < -0.39 is 11.9 Å². The number of unbranched alkanes of at least 4 members (excludes halogenated alkanes) is 26. The molecule has 0 aliphatic carbocycles. The third kappa shape index (κ3) is 19.2. The summed E-state index contributed by atoms with van der Waals surface area (Å²) in [6, 6.07) is 6.88. The lowest BCUT2D eigenvalue weighted by Gasteiger charge is -2.17. The van der Waals surface area contributed by atoms with Crippen LogP contribution in [0.15, 0.2) is 30.3 Å². The maximum absolute atomic E-state index is 12.7. The van der Waals surface area contributed by atoms with Crippen molar-refractivity contribution in [3.63, 3.8) is 0 Å². The average Bonchev–Trinajstić information content (AvgIpc) is 3.20. The smallest absolute Gasteiger partial charge is 0.341 e. The van der Waals surface area contributed by atoms with E-state index in [1.54, 1.807) is 24.3 Å². The molecule has 8 heteroatoms. The molecule has 0 bridgehead atoms. The van der Waals surface area contributed by atoms with Gasteiger partial charge < -0.3 is 18.9 Å². The normalized spacial score (nSPS) is 11.1. The molecule has 0 N–H and O–H groups in total. The van der Waals surface area contributed by atoms with Gasteiger partial charge in [0, 0.05) is 0 Å². The fourth-order valence-electron chi connectivity index (χ4n) is 7.54. The molecule has 0 amide bonds. The molecule has 0 radical (unpaired) electrons. The predicted molar refractivity (Wildman–Crippen MR) is 236 cm³/mol. The Bertz CT molecular complexity index is 1350. The molecule has 2 aromatic rings. The summed E-state index contributed by atoms with van der Waals surface area (Å²) < 4.78 is 20.9. The minimum absolute atomic E-state index is 0.205. The Hall–Kier alpha value is -2.70. The quantitative estimate of drug-likeness (QED) is 0.0528. The maximum atomic E-state index is 12.7. The van der Waals surface area contributed by atoms with Crippen molar-refractivity contribution in [3.8, 4) is 11.5 Å². The SMILES string of the molecule is CCCCCCCCCCCCCCCCCCCCCCCCCCCCC=C(c1cc(Cl)c(OC)c(C(=O)OC)c1)c1cc(Cl)c(OC)c(C(=O)OC)c1. The average molecular weight is 818 g/mol. The molecule has 0 aromatic heterocycles. The first-order chi connectivity index (χ1) is 27.3. The van der Waals surface area contributed by atoms with Crippen molar-refractivity contribution in [1.29, 1.82) is 0 Å². The summed E-state index contributed by atoms with van der Waals surface area (Å²) in [5.74, 6) is -0.660. The van der Waals surface area contributed by atoms with Crippen LogP contribution in [0.2, 0.25) is 10.0 Å². The van der Waals surface area contributed by atoms with E-state index in [9.17, 15) is 9.59 Å². The highest BCUT2D eigenvalue weighted by molar-refractivity contribution is 6.33. The summed E-state index contributed by atoms with van der Waals surface area (Å²) in [7, 11) is 5.54. The van der Waals surface area contributed by atoms with Gasteiger partial charge in [0.15, 0.2) is 11.5 Å². The first-order valence-corrected chi connectivity index (χ1v) is 22.7. The lowest BCUT2D eigenvalue weighted by atomic mass is 9.93. The van der Waals surface area contributed by atoms with Crippen molar-refractivity contribution in [2.24, 2.45) is 0 Å². The Balaban J connectivity index is 1.69. The second-order valence-electron chi connectivity index (χ2n) is 15.3. The van der Waals surface area contributed by atoms with Crippen molar-refractivity contribution in [2.75, 3.05) is 28.4 Å². The van der Waals surface area contributed by atoms with Crippen LogP contribution in [0.1, 0.15) is 212 Å². The number of carbonyl (C=O) groups excluding carboxylic acids is 2. The maximum Gasteiger partial charge on any atom is 0.341 e. The third-order valence-corrected chi connectivity index (χ3v) is 11.4. The molecular weight excluding hydrogens is 743 g/mol. The fourth-order valence-corrected chi connectivity index (χ4v) is 8.14. The Kier molecular flexibility index (Phi) is 27.6. The van der Waals surface area contributed by atoms with Gasteiger partial charge in [-0.2, -0.15) is 0 Å². The molecule has 0 atom stereocenters. The van der Waals surface area contributed by atoms with Crippen LogP contribution in [0.5, 0.6) is 11.5 Å². The summed E-state index contributed by atoms with van der Waals surface area (Å²) >= 11 is 13.2. The highest BCUT2D eigenvalue weighted by Crippen LogP contribution is 2.39. The van der Waals surface area contributed by atoms with Gasteiger partial charge in [0.05, 0.1) is 38.5 Å². The van der Waals surface area contributed by atoms with E-state index in [2.05, 4.69) is 13.0 Å². The zero-order valence-corrected chi connectivity index (χ0v) is 37.2. The topological polar surface area (TPSA) is 71.1 Å². The number of carbonyl (C=O) groups is 2. The molecule has 0 heterocycles. The minimum Gasteiger partial charge on any atom is -0.494 e. The van der Waals surface area contributed by atoms with Gasteiger partial charge in [0.25, 0.3) is 0 Å². The molecule has 2 aromatic carbocycles. The molecule has 0 saturated carbocycles. The Morgan fingerprint density at radius 3 is 1.02 bits per heavy atom. The van der Waals surface area contributed by atoms with Crippen LogP contribution in [-0.4, -0.2) is 40.4 Å². The zero-order valence-electron chi connectivity index (χ0n) is 35.7. The van der Waals surface area contributed by atoms with E-state index in [1.165, 1.54) is 183 Å². The number of rotatable bonds is 33. The van der Waals surface area contributed by atoms with Gasteiger partial charge in [0.2, 0.25) is 0 Å². The van der Waals surface area contributed by atoms with Gasteiger partial charge >= 0.3 is 11.9 Å². The fraction of sp³-hybridized carbons (Fsp3) is 0.667. The number of methoxy groups -OCH3 is 4. The lowest BCUT2D eigenvalue weighted by molar-refractivity contribution is 0.0588. The summed E-state index contributed by atoms with van der Waals surface area (Å²) in [5, 5.41) is 0.536. The van der Waals surface area contributed by atoms with Gasteiger partial charge in [-0.25, -0.2) is 9.59 Å². The molecule has 0 aliphatic rings. The number of halogens is 2. The van der Waals surface area contributed by atoms with Gasteiger partial charge in [-0.15, -0.1) is 0 Å². The zero-order chi connectivity index (χ0) is 40.8. The van der Waals surface area contributed by atoms with E-state index in [-0.39, 0.29) is 32.7 Å². The van der Waals surface area contributed by atoms with Crippen molar-refractivity contribution < 1.29 is 28.5 Å². The number of hydrogen-bond acceptors (Lipinski definition) is 6. The van der Waals surface area contributed by atoms with E-state index in [0.717, 1.165) is 24.8 Å². The van der Waals surface area contributed by atoms with E-state index >= 15 is 0 Å². The van der Waals surface area contributed by atoms with Crippen LogP contribution in [-0.2, 0) is 9.47 Å². The van der Waals surface area contributed by atoms with E-state index in [4.69, 9.17) is 42.1 Å². The van der Waals surface area contributed by atoms with Gasteiger partial charge in [-0.3, -0.25) is 0 Å². The highest BCUT2D eigenvalue weighted by Gasteiger charge is 2.23. The van der Waals surface area contributed by atoms with E-state index in [1.807, 2.05) is 0 Å². The van der Waals surface area contributed by atoms with Gasteiger partial charge in [0.1, 0.15) is 11.1 Å². The lowest BCUT2D eigenvalue weighted by Crippen LogP contribution is -2.07. The number of ether oxygens (including phenoxy) is 4. The number of esters is 2. The summed E-state index contributed by atoms with van der Waals surface area (Å²) in [4.78, 5) is 25.4. The molecule has 0 saturated heterocycles. The van der Waals surface area contributed by atoms with Crippen LogP contribution in [0, 0.1) is 0 Å². The van der Waals surface area contributed by atoms with Crippen LogP contribution in [0.25, 0.3) is 5.57 Å².